The van der Waals surface area contributed by atoms with Crippen molar-refractivity contribution >= 4 is 21.9 Å². The van der Waals surface area contributed by atoms with Crippen molar-refractivity contribution in [1.82, 2.24) is 4.98 Å². The van der Waals surface area contributed by atoms with Crippen LogP contribution in [0.4, 0.5) is 8.78 Å². The molecule has 0 spiro atoms. The molecule has 0 N–H and O–H groups in total. The molecule has 0 amide bonds. The minimum atomic E-state index is -2.66. The predicted molar refractivity (Wildman–Crippen MR) is 57.4 cm³/mol. The van der Waals surface area contributed by atoms with Crippen molar-refractivity contribution in [2.24, 2.45) is 0 Å². The summed E-state index contributed by atoms with van der Waals surface area (Å²) in [6.45, 7) is 1.51. The van der Waals surface area contributed by atoms with Gasteiger partial charge in [0.25, 0.3) is 6.43 Å². The average Bonchev–Trinajstić information content (AvgIpc) is 2.22. The van der Waals surface area contributed by atoms with E-state index in [0.717, 1.165) is 0 Å². The van der Waals surface area contributed by atoms with E-state index in [9.17, 15) is 13.6 Å². The van der Waals surface area contributed by atoms with Crippen LogP contribution >= 0.6 is 15.9 Å². The van der Waals surface area contributed by atoms with Crippen LogP contribution < -0.4 is 0 Å². The van der Waals surface area contributed by atoms with E-state index in [0.29, 0.717) is 11.1 Å². The van der Waals surface area contributed by atoms with Gasteiger partial charge >= 0.3 is 5.97 Å². The zero-order valence-electron chi connectivity index (χ0n) is 8.76. The van der Waals surface area contributed by atoms with Crippen LogP contribution in [0.25, 0.3) is 0 Å². The molecule has 6 heteroatoms. The molecule has 0 fully saturated rings. The van der Waals surface area contributed by atoms with Crippen molar-refractivity contribution < 1.29 is 18.3 Å². The van der Waals surface area contributed by atoms with Crippen molar-refractivity contribution in [1.29, 1.82) is 0 Å². The van der Waals surface area contributed by atoms with E-state index in [1.807, 2.05) is 0 Å². The predicted octanol–water partition coefficient (Wildman–Crippen LogP) is 2.81. The minimum Gasteiger partial charge on any atom is -0.469 e. The van der Waals surface area contributed by atoms with Crippen molar-refractivity contribution in [2.75, 3.05) is 7.11 Å². The van der Waals surface area contributed by atoms with E-state index < -0.39 is 12.4 Å². The lowest BCUT2D eigenvalue weighted by Gasteiger charge is -2.10. The van der Waals surface area contributed by atoms with Crippen LogP contribution in [0.5, 0.6) is 0 Å². The SMILES string of the molecule is COC(=O)Cc1cc(Br)nc(C(F)F)c1C. The number of carbonyl (C=O) groups is 1. The fraction of sp³-hybridized carbons (Fsp3) is 0.400. The molecule has 0 unspecified atom stereocenters. The molecule has 0 radical (unpaired) electrons. The van der Waals surface area contributed by atoms with Crippen LogP contribution in [0.15, 0.2) is 10.7 Å². The summed E-state index contributed by atoms with van der Waals surface area (Å²) in [5.74, 6) is -0.471. The third-order valence-corrected chi connectivity index (χ3v) is 2.56. The van der Waals surface area contributed by atoms with Crippen LogP contribution in [0.1, 0.15) is 23.2 Å². The van der Waals surface area contributed by atoms with Crippen LogP contribution in [0.2, 0.25) is 0 Å². The van der Waals surface area contributed by atoms with Gasteiger partial charge in [-0.15, -0.1) is 0 Å². The first-order valence-electron chi connectivity index (χ1n) is 4.46. The number of rotatable bonds is 3. The number of nitrogens with zero attached hydrogens (tertiary/aromatic N) is 1. The Balaban J connectivity index is 3.14. The van der Waals surface area contributed by atoms with E-state index in [1.54, 1.807) is 0 Å². The molecule has 1 aromatic rings. The fourth-order valence-electron chi connectivity index (χ4n) is 1.27. The quantitative estimate of drug-likeness (QED) is 0.635. The number of hydrogen-bond donors (Lipinski definition) is 0. The van der Waals surface area contributed by atoms with Crippen LogP contribution in [-0.4, -0.2) is 18.1 Å². The first-order chi connectivity index (χ1) is 7.45. The molecular weight excluding hydrogens is 284 g/mol. The number of methoxy groups -OCH3 is 1. The fourth-order valence-corrected chi connectivity index (χ4v) is 1.74. The van der Waals surface area contributed by atoms with Crippen molar-refractivity contribution in [2.45, 2.75) is 19.8 Å². The van der Waals surface area contributed by atoms with E-state index in [-0.39, 0.29) is 16.7 Å². The maximum absolute atomic E-state index is 12.6. The first-order valence-corrected chi connectivity index (χ1v) is 5.26. The highest BCUT2D eigenvalue weighted by molar-refractivity contribution is 9.10. The Hall–Kier alpha value is -1.04. The Morgan fingerprint density at radius 3 is 2.75 bits per heavy atom. The molecular formula is C10H10BrF2NO2. The number of ether oxygens (including phenoxy) is 1. The molecule has 16 heavy (non-hydrogen) atoms. The van der Waals surface area contributed by atoms with Crippen molar-refractivity contribution in [3.63, 3.8) is 0 Å². The number of aromatic nitrogens is 1. The van der Waals surface area contributed by atoms with E-state index >= 15 is 0 Å². The summed E-state index contributed by atoms with van der Waals surface area (Å²) in [5, 5.41) is 0. The molecule has 3 nitrogen and oxygen atoms in total. The molecule has 0 bridgehead atoms. The maximum Gasteiger partial charge on any atom is 0.309 e. The molecule has 0 aliphatic carbocycles. The van der Waals surface area contributed by atoms with Gasteiger partial charge in [-0.25, -0.2) is 13.8 Å². The van der Waals surface area contributed by atoms with Gasteiger partial charge in [-0.1, -0.05) is 0 Å². The lowest BCUT2D eigenvalue weighted by Crippen LogP contribution is -2.08. The third kappa shape index (κ3) is 2.98. The van der Waals surface area contributed by atoms with E-state index in [4.69, 9.17) is 0 Å². The lowest BCUT2D eigenvalue weighted by atomic mass is 10.1. The molecule has 88 valence electrons. The van der Waals surface area contributed by atoms with Gasteiger partial charge in [0.1, 0.15) is 10.3 Å². The summed E-state index contributed by atoms with van der Waals surface area (Å²) < 4.78 is 30.0. The zero-order chi connectivity index (χ0) is 12.3. The van der Waals surface area contributed by atoms with E-state index in [2.05, 4.69) is 25.7 Å². The van der Waals surface area contributed by atoms with Crippen LogP contribution in [0, 0.1) is 6.92 Å². The third-order valence-electron chi connectivity index (χ3n) is 2.16. The number of pyridine rings is 1. The summed E-state index contributed by atoms with van der Waals surface area (Å²) in [7, 11) is 1.25. The van der Waals surface area contributed by atoms with Gasteiger partial charge in [-0.3, -0.25) is 4.79 Å². The van der Waals surface area contributed by atoms with Gasteiger partial charge < -0.3 is 4.74 Å². The molecule has 1 aromatic heterocycles. The second-order valence-electron chi connectivity index (χ2n) is 3.17. The van der Waals surface area contributed by atoms with Crippen molar-refractivity contribution in [3.8, 4) is 0 Å². The standard InChI is InChI=1S/C10H10BrF2NO2/c1-5-6(4-8(15)16-2)3-7(11)14-9(5)10(12)13/h3,10H,4H2,1-2H3. The first kappa shape index (κ1) is 13.0. The highest BCUT2D eigenvalue weighted by Gasteiger charge is 2.17. The number of halogens is 3. The van der Waals surface area contributed by atoms with Gasteiger partial charge in [0.2, 0.25) is 0 Å². The van der Waals surface area contributed by atoms with Crippen molar-refractivity contribution in [3.05, 3.63) is 27.5 Å². The minimum absolute atomic E-state index is 0.0385. The number of carbonyl (C=O) groups excluding carboxylic acids is 1. The smallest absolute Gasteiger partial charge is 0.309 e. The molecule has 0 aliphatic rings. The number of alkyl halides is 2. The Bertz CT molecular complexity index is 410. The average molecular weight is 294 g/mol. The summed E-state index contributed by atoms with van der Waals surface area (Å²) in [6, 6.07) is 1.54. The Kier molecular flexibility index (Phi) is 4.35. The van der Waals surface area contributed by atoms with Gasteiger partial charge in [0, 0.05) is 0 Å². The van der Waals surface area contributed by atoms with E-state index in [1.165, 1.54) is 20.1 Å². The van der Waals surface area contributed by atoms with Crippen LogP contribution in [0.3, 0.4) is 0 Å². The molecule has 1 heterocycles. The summed E-state index contributed by atoms with van der Waals surface area (Å²) in [6.07, 6.45) is -2.70. The summed E-state index contributed by atoms with van der Waals surface area (Å²) in [5.41, 5.74) is 0.501. The lowest BCUT2D eigenvalue weighted by molar-refractivity contribution is -0.139. The monoisotopic (exact) mass is 293 g/mol. The molecule has 0 saturated carbocycles. The van der Waals surface area contributed by atoms with Gasteiger partial charge in [0.15, 0.2) is 0 Å². The summed E-state index contributed by atoms with van der Waals surface area (Å²) in [4.78, 5) is 14.8. The molecule has 0 aliphatic heterocycles. The molecule has 1 rings (SSSR count). The largest absolute Gasteiger partial charge is 0.469 e. The normalized spacial score (nSPS) is 10.6. The van der Waals surface area contributed by atoms with Gasteiger partial charge in [0.05, 0.1) is 13.5 Å². The highest BCUT2D eigenvalue weighted by atomic mass is 79.9. The molecule has 0 saturated heterocycles. The van der Waals surface area contributed by atoms with Crippen LogP contribution in [-0.2, 0) is 16.0 Å². The second kappa shape index (κ2) is 5.34. The zero-order valence-corrected chi connectivity index (χ0v) is 10.3. The Labute approximate surface area is 99.9 Å². The summed E-state index contributed by atoms with van der Waals surface area (Å²) >= 11 is 3.03. The second-order valence-corrected chi connectivity index (χ2v) is 3.98. The maximum atomic E-state index is 12.6. The highest BCUT2D eigenvalue weighted by Crippen LogP contribution is 2.26. The van der Waals surface area contributed by atoms with Gasteiger partial charge in [-0.2, -0.15) is 0 Å². The molecule has 0 aromatic carbocycles. The van der Waals surface area contributed by atoms with Gasteiger partial charge in [-0.05, 0) is 40.0 Å². The molecule has 0 atom stereocenters. The number of esters is 1. The topological polar surface area (TPSA) is 39.2 Å². The Morgan fingerprint density at radius 2 is 2.25 bits per heavy atom. The number of hydrogen-bond acceptors (Lipinski definition) is 3. The Morgan fingerprint density at radius 1 is 1.62 bits per heavy atom.